The summed E-state index contributed by atoms with van der Waals surface area (Å²) in [5.74, 6) is -1.37. The van der Waals surface area contributed by atoms with Crippen LogP contribution >= 0.6 is 0 Å². The first-order chi connectivity index (χ1) is 14.1. The van der Waals surface area contributed by atoms with E-state index < -0.39 is 5.97 Å². The van der Waals surface area contributed by atoms with Crippen LogP contribution in [-0.4, -0.2) is 37.5 Å². The lowest BCUT2D eigenvalue weighted by molar-refractivity contribution is -0.146. The Kier molecular flexibility index (Phi) is 6.58. The van der Waals surface area contributed by atoms with Crippen molar-refractivity contribution in [1.82, 2.24) is 5.32 Å². The fraction of sp³-hybridized carbons (Fsp3) is 0.174. The molecule has 0 saturated carbocycles. The van der Waals surface area contributed by atoms with Gasteiger partial charge in [-0.1, -0.05) is 48.5 Å². The summed E-state index contributed by atoms with van der Waals surface area (Å²) < 4.78 is 5.02. The van der Waals surface area contributed by atoms with Crippen molar-refractivity contribution in [3.63, 3.8) is 0 Å². The highest BCUT2D eigenvalue weighted by molar-refractivity contribution is 6.00. The number of carbonyl (C=O) groups is 3. The molecule has 2 amide bonds. The summed E-state index contributed by atoms with van der Waals surface area (Å²) in [6, 6.07) is 22.2. The minimum absolute atomic E-state index is 0.309. The first kappa shape index (κ1) is 20.1. The number of carbonyl (C=O) groups excluding carboxylic acids is 3. The van der Waals surface area contributed by atoms with Gasteiger partial charge in [0.1, 0.15) is 6.54 Å². The van der Waals surface area contributed by atoms with Gasteiger partial charge in [-0.15, -0.1) is 0 Å². The summed E-state index contributed by atoms with van der Waals surface area (Å²) in [5, 5.41) is 4.49. The van der Waals surface area contributed by atoms with Crippen molar-refractivity contribution in [3.05, 3.63) is 78.4 Å². The highest BCUT2D eigenvalue weighted by Gasteiger charge is 2.16. The SMILES string of the molecule is CCN(C(=O)COC(=O)CNC(=O)c1ccc2ccccc2c1)c1ccccc1. The highest BCUT2D eigenvalue weighted by atomic mass is 16.5. The second kappa shape index (κ2) is 9.50. The molecule has 0 spiro atoms. The molecule has 6 heteroatoms. The van der Waals surface area contributed by atoms with Gasteiger partial charge in [0.05, 0.1) is 0 Å². The van der Waals surface area contributed by atoms with E-state index in [9.17, 15) is 14.4 Å². The standard InChI is InChI=1S/C23H22N2O4/c1-2-25(20-10-4-3-5-11-20)21(26)16-29-22(27)15-24-23(28)19-13-12-17-8-6-7-9-18(17)14-19/h3-14H,2,15-16H2,1H3,(H,24,28). The van der Waals surface area contributed by atoms with E-state index in [0.29, 0.717) is 12.1 Å². The number of amides is 2. The van der Waals surface area contributed by atoms with Crippen LogP contribution in [0.5, 0.6) is 0 Å². The summed E-state index contributed by atoms with van der Waals surface area (Å²) >= 11 is 0. The second-order valence-corrected chi connectivity index (χ2v) is 6.38. The number of nitrogens with zero attached hydrogens (tertiary/aromatic N) is 1. The van der Waals surface area contributed by atoms with Gasteiger partial charge in [-0.25, -0.2) is 0 Å². The van der Waals surface area contributed by atoms with Crippen LogP contribution in [-0.2, 0) is 14.3 Å². The Morgan fingerprint density at radius 2 is 1.59 bits per heavy atom. The van der Waals surface area contributed by atoms with Gasteiger partial charge in [0.25, 0.3) is 11.8 Å². The third kappa shape index (κ3) is 5.19. The normalized spacial score (nSPS) is 10.4. The highest BCUT2D eigenvalue weighted by Crippen LogP contribution is 2.15. The van der Waals surface area contributed by atoms with Gasteiger partial charge in [0.15, 0.2) is 6.61 Å². The molecule has 0 aliphatic rings. The van der Waals surface area contributed by atoms with Crippen LogP contribution in [0.3, 0.4) is 0 Å². The molecule has 0 fully saturated rings. The Balaban J connectivity index is 1.50. The molecule has 3 rings (SSSR count). The van der Waals surface area contributed by atoms with Gasteiger partial charge in [0, 0.05) is 17.8 Å². The van der Waals surface area contributed by atoms with Crippen molar-refractivity contribution >= 4 is 34.2 Å². The van der Waals surface area contributed by atoms with Crippen LogP contribution in [0.25, 0.3) is 10.8 Å². The van der Waals surface area contributed by atoms with Crippen molar-refractivity contribution in [2.24, 2.45) is 0 Å². The van der Waals surface area contributed by atoms with Gasteiger partial charge >= 0.3 is 5.97 Å². The van der Waals surface area contributed by atoms with Crippen LogP contribution < -0.4 is 10.2 Å². The molecule has 6 nitrogen and oxygen atoms in total. The molecule has 29 heavy (non-hydrogen) atoms. The van der Waals surface area contributed by atoms with Crippen molar-refractivity contribution in [2.75, 3.05) is 24.6 Å². The molecule has 3 aromatic carbocycles. The molecule has 0 aliphatic heterocycles. The summed E-state index contributed by atoms with van der Waals surface area (Å²) in [5.41, 5.74) is 1.19. The maximum Gasteiger partial charge on any atom is 0.325 e. The second-order valence-electron chi connectivity index (χ2n) is 6.38. The van der Waals surface area contributed by atoms with Crippen LogP contribution in [0, 0.1) is 0 Å². The van der Waals surface area contributed by atoms with E-state index in [1.54, 1.807) is 12.1 Å². The predicted octanol–water partition coefficient (Wildman–Crippen LogP) is 3.17. The number of anilines is 1. The topological polar surface area (TPSA) is 75.7 Å². The molecular formula is C23H22N2O4. The number of hydrogen-bond acceptors (Lipinski definition) is 4. The van der Waals surface area contributed by atoms with Gasteiger partial charge in [-0.2, -0.15) is 0 Å². The number of para-hydroxylation sites is 1. The molecule has 0 saturated heterocycles. The van der Waals surface area contributed by atoms with E-state index in [2.05, 4.69) is 5.32 Å². The molecule has 0 aliphatic carbocycles. The van der Waals surface area contributed by atoms with Crippen molar-refractivity contribution in [1.29, 1.82) is 0 Å². The van der Waals surface area contributed by atoms with Gasteiger partial charge in [0.2, 0.25) is 0 Å². The minimum atomic E-state index is -0.670. The molecule has 0 atom stereocenters. The quantitative estimate of drug-likeness (QED) is 0.629. The van der Waals surface area contributed by atoms with E-state index in [0.717, 1.165) is 16.5 Å². The van der Waals surface area contributed by atoms with E-state index >= 15 is 0 Å². The van der Waals surface area contributed by atoms with E-state index in [1.165, 1.54) is 4.90 Å². The number of esters is 1. The fourth-order valence-electron chi connectivity index (χ4n) is 2.97. The monoisotopic (exact) mass is 390 g/mol. The molecule has 0 heterocycles. The Labute approximate surface area is 169 Å². The third-order valence-corrected chi connectivity index (χ3v) is 4.45. The zero-order chi connectivity index (χ0) is 20.6. The lowest BCUT2D eigenvalue weighted by Gasteiger charge is -2.20. The number of likely N-dealkylation sites (N-methyl/N-ethyl adjacent to an activating group) is 1. The molecule has 0 unspecified atom stereocenters. The van der Waals surface area contributed by atoms with Gasteiger partial charge < -0.3 is 15.0 Å². The number of nitrogens with one attached hydrogen (secondary N) is 1. The number of ether oxygens (including phenoxy) is 1. The Hall–Kier alpha value is -3.67. The summed E-state index contributed by atoms with van der Waals surface area (Å²) in [6.45, 7) is 1.61. The molecule has 148 valence electrons. The maximum absolute atomic E-state index is 12.3. The average molecular weight is 390 g/mol. The lowest BCUT2D eigenvalue weighted by atomic mass is 10.1. The molecule has 0 aromatic heterocycles. The van der Waals surface area contributed by atoms with Crippen LogP contribution in [0.1, 0.15) is 17.3 Å². The van der Waals surface area contributed by atoms with Crippen molar-refractivity contribution < 1.29 is 19.1 Å². The van der Waals surface area contributed by atoms with Crippen LogP contribution in [0.2, 0.25) is 0 Å². The number of benzene rings is 3. The largest absolute Gasteiger partial charge is 0.454 e. The molecule has 0 radical (unpaired) electrons. The van der Waals surface area contributed by atoms with Gasteiger partial charge in [-0.05, 0) is 42.0 Å². The Morgan fingerprint density at radius 1 is 0.897 bits per heavy atom. The maximum atomic E-state index is 12.3. The van der Waals surface area contributed by atoms with Crippen LogP contribution in [0.4, 0.5) is 5.69 Å². The van der Waals surface area contributed by atoms with Crippen LogP contribution in [0.15, 0.2) is 72.8 Å². The smallest absolute Gasteiger partial charge is 0.325 e. The predicted molar refractivity (Wildman–Crippen MR) is 112 cm³/mol. The van der Waals surface area contributed by atoms with E-state index in [-0.39, 0.29) is 25.0 Å². The van der Waals surface area contributed by atoms with Crippen molar-refractivity contribution in [2.45, 2.75) is 6.92 Å². The number of rotatable bonds is 7. The molecular weight excluding hydrogens is 368 g/mol. The zero-order valence-electron chi connectivity index (χ0n) is 16.1. The molecule has 1 N–H and O–H groups in total. The van der Waals surface area contributed by atoms with E-state index in [4.69, 9.17) is 4.74 Å². The van der Waals surface area contributed by atoms with E-state index in [1.807, 2.05) is 67.6 Å². The lowest BCUT2D eigenvalue weighted by Crippen LogP contribution is -2.36. The average Bonchev–Trinajstić information content (AvgIpc) is 2.77. The van der Waals surface area contributed by atoms with Gasteiger partial charge in [-0.3, -0.25) is 14.4 Å². The Morgan fingerprint density at radius 3 is 2.31 bits per heavy atom. The van der Waals surface area contributed by atoms with Crippen molar-refractivity contribution in [3.8, 4) is 0 Å². The molecule has 0 bridgehead atoms. The number of hydrogen-bond donors (Lipinski definition) is 1. The number of fused-ring (bicyclic) bond motifs is 1. The minimum Gasteiger partial charge on any atom is -0.454 e. The first-order valence-corrected chi connectivity index (χ1v) is 9.36. The third-order valence-electron chi connectivity index (χ3n) is 4.45. The fourth-order valence-corrected chi connectivity index (χ4v) is 2.97. The Bertz CT molecular complexity index is 1020. The first-order valence-electron chi connectivity index (χ1n) is 9.36. The summed E-state index contributed by atoms with van der Waals surface area (Å²) in [4.78, 5) is 38.1. The summed E-state index contributed by atoms with van der Waals surface area (Å²) in [7, 11) is 0. The zero-order valence-corrected chi connectivity index (χ0v) is 16.1. The molecule has 3 aromatic rings. The summed E-state index contributed by atoms with van der Waals surface area (Å²) in [6.07, 6.45) is 0.